The van der Waals surface area contributed by atoms with E-state index in [1.807, 2.05) is 15.3 Å². The van der Waals surface area contributed by atoms with Gasteiger partial charge in [0.1, 0.15) is 0 Å². The average molecular weight is 446 g/mol. The Bertz CT molecular complexity index is 436. The molecule has 2 rings (SSSR count). The van der Waals surface area contributed by atoms with E-state index in [1.165, 1.54) is 0 Å². The molecule has 3 N–H and O–H groups in total. The van der Waals surface area contributed by atoms with Gasteiger partial charge in [0.05, 0.1) is 0 Å². The number of carbonyl (C=O) groups excluding carboxylic acids is 1. The summed E-state index contributed by atoms with van der Waals surface area (Å²) in [5, 5.41) is 4.17. The van der Waals surface area contributed by atoms with E-state index in [1.54, 1.807) is 0 Å². The molecule has 1 aliphatic carbocycles. The van der Waals surface area contributed by atoms with Gasteiger partial charge in [0.15, 0.2) is 0 Å². The molecule has 0 saturated carbocycles. The molecular weight excluding hydrogens is 426 g/mol. The second-order valence-electron chi connectivity index (χ2n) is 4.98. The number of nitrogens with one attached hydrogen (secondary N) is 1. The van der Waals surface area contributed by atoms with E-state index in [0.29, 0.717) is 23.2 Å². The molecule has 120 valence electrons. The number of urea groups is 1. The molecule has 0 aromatic heterocycles. The number of alkyl halides is 1. The van der Waals surface area contributed by atoms with Gasteiger partial charge in [-0.25, -0.2) is 0 Å². The molecule has 1 saturated heterocycles. The Hall–Kier alpha value is -0.0200. The summed E-state index contributed by atoms with van der Waals surface area (Å²) in [5.74, 6) is 0.223. The van der Waals surface area contributed by atoms with E-state index < -0.39 is 0 Å². The summed E-state index contributed by atoms with van der Waals surface area (Å²) in [6, 6.07) is 0.0420. The molecule has 8 heteroatoms. The Morgan fingerprint density at radius 1 is 1.43 bits per heavy atom. The first-order valence-electron chi connectivity index (χ1n) is 6.90. The van der Waals surface area contributed by atoms with Crippen LogP contribution in [0.2, 0.25) is 0 Å². The summed E-state index contributed by atoms with van der Waals surface area (Å²) in [6.07, 6.45) is 4.63. The number of carbonyl (C=O) groups is 1. The Balaban J connectivity index is 1.71. The number of halogens is 3. The van der Waals surface area contributed by atoms with Crippen LogP contribution in [0.15, 0.2) is 22.2 Å². The maximum atomic E-state index is 12.2. The third-order valence-corrected chi connectivity index (χ3v) is 7.17. The third-order valence-electron chi connectivity index (χ3n) is 3.37. The molecule has 0 aromatic carbocycles. The number of hydrogen-bond acceptors (Lipinski definition) is 3. The summed E-state index contributed by atoms with van der Waals surface area (Å²) < 4.78 is 2.96. The predicted molar refractivity (Wildman–Crippen MR) is 81.6 cm³/mol. The second kappa shape index (κ2) is 8.57. The zero-order valence-electron chi connectivity index (χ0n) is 11.7. The van der Waals surface area contributed by atoms with Gasteiger partial charge in [-0.3, -0.25) is 0 Å². The van der Waals surface area contributed by atoms with E-state index >= 15 is 0 Å². The van der Waals surface area contributed by atoms with E-state index in [-0.39, 0.29) is 33.4 Å². The van der Waals surface area contributed by atoms with Crippen LogP contribution in [0.25, 0.3) is 0 Å². The SMILES string of the molecule is NCCN1CCN(C(=O)NCC2C=C(Cl)C(Cl)=CC2)[I-]C1. The number of amides is 2. The van der Waals surface area contributed by atoms with Crippen LogP contribution in [-0.4, -0.2) is 51.3 Å². The van der Waals surface area contributed by atoms with Crippen LogP contribution in [0.4, 0.5) is 4.79 Å². The predicted octanol–water partition coefficient (Wildman–Crippen LogP) is -1.50. The number of nitrogens with zero attached hydrogens (tertiary/aromatic N) is 2. The molecule has 21 heavy (non-hydrogen) atoms. The molecule has 2 aliphatic rings. The van der Waals surface area contributed by atoms with Gasteiger partial charge in [0, 0.05) is 0 Å². The Morgan fingerprint density at radius 3 is 2.86 bits per heavy atom. The fraction of sp³-hybridized carbons (Fsp3) is 0.615. The van der Waals surface area contributed by atoms with Gasteiger partial charge in [-0.15, -0.1) is 0 Å². The second-order valence-corrected chi connectivity index (χ2v) is 8.32. The minimum atomic E-state index is -0.274. The number of allylic oxidation sites excluding steroid dienone is 3. The molecule has 1 atom stereocenters. The summed E-state index contributed by atoms with van der Waals surface area (Å²) in [7, 11) is 0. The number of hydrogen-bond donors (Lipinski definition) is 2. The molecule has 0 bridgehead atoms. The number of nitrogens with two attached hydrogens (primary N) is 1. The van der Waals surface area contributed by atoms with Gasteiger partial charge < -0.3 is 0 Å². The molecule has 1 fully saturated rings. The minimum absolute atomic E-state index is 0.0420. The van der Waals surface area contributed by atoms with Crippen LogP contribution in [0, 0.1) is 5.92 Å². The van der Waals surface area contributed by atoms with Crippen molar-refractivity contribution < 1.29 is 26.3 Å². The molecule has 5 nitrogen and oxygen atoms in total. The maximum absolute atomic E-state index is 12.2. The van der Waals surface area contributed by atoms with Crippen LogP contribution < -0.4 is 32.5 Å². The van der Waals surface area contributed by atoms with Crippen molar-refractivity contribution in [1.82, 2.24) is 13.3 Å². The van der Waals surface area contributed by atoms with Crippen LogP contribution in [0.3, 0.4) is 0 Å². The molecule has 1 aliphatic heterocycles. The summed E-state index contributed by atoms with van der Waals surface area (Å²) in [4.78, 5) is 14.5. The van der Waals surface area contributed by atoms with Crippen molar-refractivity contribution in [3.8, 4) is 0 Å². The molecular formula is C13H20Cl2IN4O-. The van der Waals surface area contributed by atoms with E-state index in [9.17, 15) is 4.79 Å². The zero-order chi connectivity index (χ0) is 15.2. The van der Waals surface area contributed by atoms with Gasteiger partial charge in [0.25, 0.3) is 0 Å². The molecule has 2 amide bonds. The summed E-state index contributed by atoms with van der Waals surface area (Å²) in [5.41, 5.74) is 5.55. The van der Waals surface area contributed by atoms with E-state index in [0.717, 1.165) is 30.6 Å². The molecule has 1 unspecified atom stereocenters. The number of rotatable bonds is 4. The Kier molecular flexibility index (Phi) is 7.07. The van der Waals surface area contributed by atoms with Crippen molar-refractivity contribution in [3.63, 3.8) is 0 Å². The Morgan fingerprint density at radius 2 is 2.24 bits per heavy atom. The van der Waals surface area contributed by atoms with Crippen molar-refractivity contribution in [2.45, 2.75) is 6.42 Å². The average Bonchev–Trinajstić information content (AvgIpc) is 2.49. The van der Waals surface area contributed by atoms with Crippen molar-refractivity contribution >= 4 is 29.2 Å². The molecule has 0 radical (unpaired) electrons. The first kappa shape index (κ1) is 17.3. The van der Waals surface area contributed by atoms with Crippen molar-refractivity contribution in [2.24, 2.45) is 11.7 Å². The first-order chi connectivity index (χ1) is 10.1. The van der Waals surface area contributed by atoms with E-state index in [2.05, 4.69) is 10.2 Å². The molecule has 0 aromatic rings. The quantitative estimate of drug-likeness (QED) is 0.239. The fourth-order valence-electron chi connectivity index (χ4n) is 2.15. The van der Waals surface area contributed by atoms with Gasteiger partial charge in [-0.05, 0) is 0 Å². The molecule has 1 heterocycles. The van der Waals surface area contributed by atoms with Crippen LogP contribution in [0.1, 0.15) is 6.42 Å². The topological polar surface area (TPSA) is 61.6 Å². The van der Waals surface area contributed by atoms with Crippen molar-refractivity contribution in [2.75, 3.05) is 37.3 Å². The summed E-state index contributed by atoms with van der Waals surface area (Å²) >= 11 is 11.6. The van der Waals surface area contributed by atoms with Gasteiger partial charge in [-0.2, -0.15) is 0 Å². The van der Waals surface area contributed by atoms with Crippen molar-refractivity contribution in [1.29, 1.82) is 0 Å². The summed E-state index contributed by atoms with van der Waals surface area (Å²) in [6.45, 7) is 3.92. The molecule has 0 spiro atoms. The van der Waals surface area contributed by atoms with Gasteiger partial charge in [-0.1, -0.05) is 0 Å². The fourth-order valence-corrected chi connectivity index (χ4v) is 5.08. The zero-order valence-corrected chi connectivity index (χ0v) is 15.4. The van der Waals surface area contributed by atoms with Gasteiger partial charge in [0.2, 0.25) is 0 Å². The van der Waals surface area contributed by atoms with Crippen LogP contribution >= 0.6 is 23.2 Å². The third kappa shape index (κ3) is 5.28. The monoisotopic (exact) mass is 445 g/mol. The standard InChI is InChI=1S/C13H20Cl2IN4O/c14-11-2-1-10(7-12(11)15)8-18-13(21)20-6-5-19(4-3-17)9-16-20/h2,7,10H,1,3-6,8-9,17H2,(H,18,21)/q-1. The van der Waals surface area contributed by atoms with Gasteiger partial charge >= 0.3 is 146 Å². The van der Waals surface area contributed by atoms with Crippen LogP contribution in [-0.2, 0) is 0 Å². The van der Waals surface area contributed by atoms with Crippen LogP contribution in [0.5, 0.6) is 0 Å². The Labute approximate surface area is 146 Å². The van der Waals surface area contributed by atoms with E-state index in [4.69, 9.17) is 28.9 Å². The normalized spacial score (nSPS) is 24.0. The first-order valence-corrected chi connectivity index (χ1v) is 10.2. The van der Waals surface area contributed by atoms with Crippen molar-refractivity contribution in [3.05, 3.63) is 22.2 Å².